The highest BCUT2D eigenvalue weighted by Gasteiger charge is 2.09. The van der Waals surface area contributed by atoms with Crippen molar-refractivity contribution < 1.29 is 13.9 Å². The van der Waals surface area contributed by atoms with Gasteiger partial charge in [0.15, 0.2) is 5.11 Å². The zero-order valence-corrected chi connectivity index (χ0v) is 14.8. The maximum absolute atomic E-state index is 13.2. The molecule has 4 nitrogen and oxygen atoms in total. The Morgan fingerprint density at radius 2 is 1.71 bits per heavy atom. The van der Waals surface area contributed by atoms with E-state index in [2.05, 4.69) is 10.6 Å². The van der Waals surface area contributed by atoms with Crippen molar-refractivity contribution in [3.8, 4) is 11.5 Å². The molecule has 0 saturated carbocycles. The molecule has 2 aromatic rings. The van der Waals surface area contributed by atoms with Crippen LogP contribution < -0.4 is 20.1 Å². The zero-order valence-electron chi connectivity index (χ0n) is 14.0. The van der Waals surface area contributed by atoms with E-state index in [-0.39, 0.29) is 5.82 Å². The fourth-order valence-electron chi connectivity index (χ4n) is 2.19. The molecular weight excluding hydrogens is 327 g/mol. The molecule has 2 N–H and O–H groups in total. The quantitative estimate of drug-likeness (QED) is 0.738. The van der Waals surface area contributed by atoms with E-state index in [1.165, 1.54) is 12.1 Å². The Balaban J connectivity index is 2.15. The molecule has 0 aromatic heterocycles. The number of ether oxygens (including phenoxy) is 2. The average Bonchev–Trinajstić information content (AvgIpc) is 2.53. The van der Waals surface area contributed by atoms with Crippen LogP contribution in [0.2, 0.25) is 0 Å². The Bertz CT molecular complexity index is 722. The highest BCUT2D eigenvalue weighted by Crippen LogP contribution is 2.29. The van der Waals surface area contributed by atoms with Gasteiger partial charge in [-0.15, -0.1) is 0 Å². The molecule has 0 aliphatic carbocycles. The molecule has 0 amide bonds. The molecule has 0 heterocycles. The van der Waals surface area contributed by atoms with Crippen LogP contribution >= 0.6 is 12.2 Å². The SMILES string of the molecule is CCOc1ccc(OCC)c(NC(=S)Nc2ccc(F)cc2C)c1. The molecule has 128 valence electrons. The van der Waals surface area contributed by atoms with Gasteiger partial charge in [0, 0.05) is 11.8 Å². The van der Waals surface area contributed by atoms with Gasteiger partial charge in [-0.25, -0.2) is 4.39 Å². The van der Waals surface area contributed by atoms with Crippen molar-refractivity contribution in [1.29, 1.82) is 0 Å². The summed E-state index contributed by atoms with van der Waals surface area (Å²) in [5.41, 5.74) is 2.22. The topological polar surface area (TPSA) is 42.5 Å². The Labute approximate surface area is 147 Å². The van der Waals surface area contributed by atoms with E-state index in [1.54, 1.807) is 6.07 Å². The second kappa shape index (κ2) is 8.49. The summed E-state index contributed by atoms with van der Waals surface area (Å²) in [6.45, 7) is 6.77. The van der Waals surface area contributed by atoms with Crippen LogP contribution in [0, 0.1) is 12.7 Å². The number of thiocarbonyl (C=S) groups is 1. The average molecular weight is 348 g/mol. The van der Waals surface area contributed by atoms with Crippen molar-refractivity contribution in [3.05, 3.63) is 47.8 Å². The van der Waals surface area contributed by atoms with Crippen molar-refractivity contribution in [1.82, 2.24) is 0 Å². The van der Waals surface area contributed by atoms with Crippen molar-refractivity contribution >= 4 is 28.7 Å². The van der Waals surface area contributed by atoms with E-state index >= 15 is 0 Å². The van der Waals surface area contributed by atoms with Gasteiger partial charge in [-0.1, -0.05) is 0 Å². The summed E-state index contributed by atoms with van der Waals surface area (Å²) in [7, 11) is 0. The van der Waals surface area contributed by atoms with Gasteiger partial charge >= 0.3 is 0 Å². The number of hydrogen-bond donors (Lipinski definition) is 2. The van der Waals surface area contributed by atoms with Crippen molar-refractivity contribution in [2.75, 3.05) is 23.8 Å². The molecule has 2 rings (SSSR count). The number of nitrogens with one attached hydrogen (secondary N) is 2. The normalized spacial score (nSPS) is 10.2. The molecule has 0 aliphatic heterocycles. The predicted molar refractivity (Wildman–Crippen MR) is 99.8 cm³/mol. The molecule has 0 saturated heterocycles. The van der Waals surface area contributed by atoms with E-state index in [1.807, 2.05) is 39.0 Å². The number of aryl methyl sites for hydroxylation is 1. The van der Waals surface area contributed by atoms with Crippen LogP contribution in [0.15, 0.2) is 36.4 Å². The number of rotatable bonds is 6. The maximum Gasteiger partial charge on any atom is 0.175 e. The van der Waals surface area contributed by atoms with Gasteiger partial charge in [0.25, 0.3) is 0 Å². The monoisotopic (exact) mass is 348 g/mol. The van der Waals surface area contributed by atoms with Crippen LogP contribution in [0.1, 0.15) is 19.4 Å². The Morgan fingerprint density at radius 3 is 2.38 bits per heavy atom. The summed E-state index contributed by atoms with van der Waals surface area (Å²) < 4.78 is 24.3. The third kappa shape index (κ3) is 4.83. The third-order valence-corrected chi connectivity index (χ3v) is 3.45. The first-order valence-electron chi connectivity index (χ1n) is 7.77. The fourth-order valence-corrected chi connectivity index (χ4v) is 2.41. The molecule has 0 fully saturated rings. The van der Waals surface area contributed by atoms with Crippen molar-refractivity contribution in [2.24, 2.45) is 0 Å². The van der Waals surface area contributed by atoms with Crippen LogP contribution in [0.5, 0.6) is 11.5 Å². The standard InChI is InChI=1S/C18H21FN2O2S/c1-4-22-14-7-9-17(23-5-2)16(11-14)21-18(24)20-15-8-6-13(19)10-12(15)3/h6-11H,4-5H2,1-3H3,(H2,20,21,24). The van der Waals surface area contributed by atoms with Crippen molar-refractivity contribution in [2.45, 2.75) is 20.8 Å². The molecule has 24 heavy (non-hydrogen) atoms. The molecule has 6 heteroatoms. The number of benzene rings is 2. The highest BCUT2D eigenvalue weighted by molar-refractivity contribution is 7.80. The Hall–Kier alpha value is -2.34. The van der Waals surface area contributed by atoms with Gasteiger partial charge in [-0.05, 0) is 68.9 Å². The van der Waals surface area contributed by atoms with Crippen LogP contribution in [-0.4, -0.2) is 18.3 Å². The van der Waals surface area contributed by atoms with E-state index < -0.39 is 0 Å². The molecular formula is C18H21FN2O2S. The minimum Gasteiger partial charge on any atom is -0.494 e. The zero-order chi connectivity index (χ0) is 17.5. The lowest BCUT2D eigenvalue weighted by Gasteiger charge is -2.16. The largest absolute Gasteiger partial charge is 0.494 e. The van der Waals surface area contributed by atoms with Gasteiger partial charge in [0.2, 0.25) is 0 Å². The van der Waals surface area contributed by atoms with Gasteiger partial charge in [-0.3, -0.25) is 0 Å². The fraction of sp³-hybridized carbons (Fsp3) is 0.278. The summed E-state index contributed by atoms with van der Waals surface area (Å²) in [6, 6.07) is 10.0. The maximum atomic E-state index is 13.2. The molecule has 0 atom stereocenters. The van der Waals surface area contributed by atoms with Crippen molar-refractivity contribution in [3.63, 3.8) is 0 Å². The number of anilines is 2. The van der Waals surface area contributed by atoms with E-state index in [9.17, 15) is 4.39 Å². The van der Waals surface area contributed by atoms with Gasteiger partial charge in [-0.2, -0.15) is 0 Å². The van der Waals surface area contributed by atoms with Crippen LogP contribution in [0.25, 0.3) is 0 Å². The van der Waals surface area contributed by atoms with Crippen LogP contribution in [-0.2, 0) is 0 Å². The van der Waals surface area contributed by atoms with Gasteiger partial charge in [0.1, 0.15) is 17.3 Å². The second-order valence-electron chi connectivity index (χ2n) is 5.06. The number of hydrogen-bond acceptors (Lipinski definition) is 3. The first-order valence-corrected chi connectivity index (χ1v) is 8.18. The summed E-state index contributed by atoms with van der Waals surface area (Å²) in [4.78, 5) is 0. The first-order chi connectivity index (χ1) is 11.5. The van der Waals surface area contributed by atoms with Gasteiger partial charge in [0.05, 0.1) is 18.9 Å². The summed E-state index contributed by atoms with van der Waals surface area (Å²) >= 11 is 5.35. The third-order valence-electron chi connectivity index (χ3n) is 3.25. The molecule has 0 radical (unpaired) electrons. The molecule has 0 bridgehead atoms. The summed E-state index contributed by atoms with van der Waals surface area (Å²) in [6.07, 6.45) is 0. The van der Waals surface area contributed by atoms with Crippen LogP contribution in [0.4, 0.5) is 15.8 Å². The highest BCUT2D eigenvalue weighted by atomic mass is 32.1. The van der Waals surface area contributed by atoms with Crippen LogP contribution in [0.3, 0.4) is 0 Å². The van der Waals surface area contributed by atoms with Gasteiger partial charge < -0.3 is 20.1 Å². The minimum atomic E-state index is -0.278. The minimum absolute atomic E-state index is 0.278. The molecule has 2 aromatic carbocycles. The van der Waals surface area contributed by atoms with E-state index in [0.717, 1.165) is 17.0 Å². The lowest BCUT2D eigenvalue weighted by molar-refractivity contribution is 0.332. The lowest BCUT2D eigenvalue weighted by atomic mass is 10.2. The molecule has 0 unspecified atom stereocenters. The van der Waals surface area contributed by atoms with E-state index in [0.29, 0.717) is 29.8 Å². The molecule has 0 aliphatic rings. The summed E-state index contributed by atoms with van der Waals surface area (Å²) in [5, 5.41) is 6.56. The lowest BCUT2D eigenvalue weighted by Crippen LogP contribution is -2.20. The molecule has 0 spiro atoms. The number of halogens is 1. The summed E-state index contributed by atoms with van der Waals surface area (Å²) in [5.74, 6) is 1.13. The second-order valence-corrected chi connectivity index (χ2v) is 5.47. The first kappa shape index (κ1) is 18.0. The smallest absolute Gasteiger partial charge is 0.175 e. The predicted octanol–water partition coefficient (Wildman–Crippen LogP) is 4.74. The Kier molecular flexibility index (Phi) is 6.37. The Morgan fingerprint density at radius 1 is 1.00 bits per heavy atom. The van der Waals surface area contributed by atoms with E-state index in [4.69, 9.17) is 21.7 Å².